The summed E-state index contributed by atoms with van der Waals surface area (Å²) in [6.07, 6.45) is 2.62. The largest absolute Gasteiger partial charge is 0.339 e. The van der Waals surface area contributed by atoms with Gasteiger partial charge in [0.25, 0.3) is 0 Å². The van der Waals surface area contributed by atoms with Crippen LogP contribution in [0.15, 0.2) is 28.8 Å². The highest BCUT2D eigenvalue weighted by molar-refractivity contribution is 5.31. The minimum atomic E-state index is -0.330. The molecule has 4 nitrogen and oxygen atoms in total. The Balaban J connectivity index is 1.80. The monoisotopic (exact) mass is 271 g/mol. The standard InChI is InChI=1S/C16H21N3O/c1-16(2,3)15-18-14(19-20-15)13(17)12-8-6-11(7-9-12)10-4-5-10/h6-10,13H,4-5,17H2,1-3H3. The van der Waals surface area contributed by atoms with Gasteiger partial charge in [-0.25, -0.2) is 0 Å². The topological polar surface area (TPSA) is 64.9 Å². The smallest absolute Gasteiger partial charge is 0.232 e. The van der Waals surface area contributed by atoms with Gasteiger partial charge in [-0.2, -0.15) is 4.98 Å². The molecule has 1 aromatic heterocycles. The Bertz CT molecular complexity index is 591. The molecule has 2 N–H and O–H groups in total. The Labute approximate surface area is 119 Å². The van der Waals surface area contributed by atoms with Crippen LogP contribution < -0.4 is 5.73 Å². The summed E-state index contributed by atoms with van der Waals surface area (Å²) >= 11 is 0. The molecule has 1 fully saturated rings. The van der Waals surface area contributed by atoms with Crippen molar-refractivity contribution in [2.45, 2.75) is 51.0 Å². The van der Waals surface area contributed by atoms with E-state index in [1.165, 1.54) is 18.4 Å². The lowest BCUT2D eigenvalue weighted by Crippen LogP contribution is -2.15. The maximum atomic E-state index is 6.23. The molecule has 1 aliphatic rings. The van der Waals surface area contributed by atoms with Crippen LogP contribution in [-0.4, -0.2) is 10.1 Å². The summed E-state index contributed by atoms with van der Waals surface area (Å²) in [5, 5.41) is 4.02. The number of nitrogens with two attached hydrogens (primary N) is 1. The molecule has 2 aromatic rings. The molecular weight excluding hydrogens is 250 g/mol. The molecule has 20 heavy (non-hydrogen) atoms. The van der Waals surface area contributed by atoms with Gasteiger partial charge in [0.2, 0.25) is 5.89 Å². The van der Waals surface area contributed by atoms with Crippen LogP contribution >= 0.6 is 0 Å². The SMILES string of the molecule is CC(C)(C)c1nc(C(N)c2ccc(C3CC3)cc2)no1. The summed E-state index contributed by atoms with van der Waals surface area (Å²) < 4.78 is 5.30. The molecule has 0 aliphatic heterocycles. The van der Waals surface area contributed by atoms with Crippen molar-refractivity contribution in [3.05, 3.63) is 47.1 Å². The van der Waals surface area contributed by atoms with E-state index in [4.69, 9.17) is 10.3 Å². The van der Waals surface area contributed by atoms with E-state index in [0.717, 1.165) is 11.5 Å². The molecule has 1 atom stereocenters. The lowest BCUT2D eigenvalue weighted by molar-refractivity contribution is 0.317. The van der Waals surface area contributed by atoms with Gasteiger partial charge in [-0.15, -0.1) is 0 Å². The highest BCUT2D eigenvalue weighted by Crippen LogP contribution is 2.40. The molecule has 0 radical (unpaired) electrons. The van der Waals surface area contributed by atoms with Crippen molar-refractivity contribution in [2.24, 2.45) is 5.73 Å². The highest BCUT2D eigenvalue weighted by atomic mass is 16.5. The van der Waals surface area contributed by atoms with E-state index in [0.29, 0.717) is 11.7 Å². The van der Waals surface area contributed by atoms with Crippen LogP contribution in [-0.2, 0) is 5.41 Å². The second-order valence-corrected chi connectivity index (χ2v) is 6.63. The molecule has 1 aliphatic carbocycles. The molecule has 3 rings (SSSR count). The Morgan fingerprint density at radius 3 is 2.35 bits per heavy atom. The van der Waals surface area contributed by atoms with E-state index in [-0.39, 0.29) is 11.5 Å². The van der Waals surface area contributed by atoms with E-state index in [2.05, 4.69) is 34.4 Å². The Morgan fingerprint density at radius 2 is 1.85 bits per heavy atom. The molecule has 1 unspecified atom stereocenters. The summed E-state index contributed by atoms with van der Waals surface area (Å²) in [5.74, 6) is 1.93. The summed E-state index contributed by atoms with van der Waals surface area (Å²) in [6, 6.07) is 8.15. The van der Waals surface area contributed by atoms with E-state index < -0.39 is 0 Å². The quantitative estimate of drug-likeness (QED) is 0.930. The maximum Gasteiger partial charge on any atom is 0.232 e. The average molecular weight is 271 g/mol. The highest BCUT2D eigenvalue weighted by Gasteiger charge is 2.25. The van der Waals surface area contributed by atoms with Crippen molar-refractivity contribution >= 4 is 0 Å². The van der Waals surface area contributed by atoms with Crippen LogP contribution in [0.2, 0.25) is 0 Å². The summed E-state index contributed by atoms with van der Waals surface area (Å²) in [5.41, 5.74) is 8.51. The van der Waals surface area contributed by atoms with Crippen molar-refractivity contribution < 1.29 is 4.52 Å². The van der Waals surface area contributed by atoms with Gasteiger partial charge in [0.05, 0.1) is 6.04 Å². The molecule has 106 valence electrons. The molecule has 0 spiro atoms. The van der Waals surface area contributed by atoms with Crippen molar-refractivity contribution in [3.8, 4) is 0 Å². The van der Waals surface area contributed by atoms with Gasteiger partial charge in [-0.1, -0.05) is 50.2 Å². The van der Waals surface area contributed by atoms with Crippen LogP contribution in [0.4, 0.5) is 0 Å². The first-order chi connectivity index (χ1) is 9.45. The van der Waals surface area contributed by atoms with E-state index in [9.17, 15) is 0 Å². The third-order valence-corrected chi connectivity index (χ3v) is 3.71. The average Bonchev–Trinajstić information content (AvgIpc) is 3.13. The van der Waals surface area contributed by atoms with Crippen LogP contribution in [0.25, 0.3) is 0 Å². The van der Waals surface area contributed by atoms with Crippen LogP contribution in [0.5, 0.6) is 0 Å². The van der Waals surface area contributed by atoms with Crippen LogP contribution in [0.3, 0.4) is 0 Å². The minimum Gasteiger partial charge on any atom is -0.339 e. The zero-order chi connectivity index (χ0) is 14.3. The second kappa shape index (κ2) is 4.70. The van der Waals surface area contributed by atoms with E-state index >= 15 is 0 Å². The molecule has 0 saturated heterocycles. The Morgan fingerprint density at radius 1 is 1.20 bits per heavy atom. The second-order valence-electron chi connectivity index (χ2n) is 6.63. The van der Waals surface area contributed by atoms with Gasteiger partial charge in [0.1, 0.15) is 0 Å². The normalized spacial score (nSPS) is 17.2. The molecule has 1 saturated carbocycles. The number of benzene rings is 1. The predicted molar refractivity (Wildman–Crippen MR) is 77.4 cm³/mol. The van der Waals surface area contributed by atoms with Gasteiger partial charge in [0.15, 0.2) is 5.82 Å². The fourth-order valence-electron chi connectivity index (χ4n) is 2.21. The van der Waals surface area contributed by atoms with Crippen molar-refractivity contribution in [2.75, 3.05) is 0 Å². The molecule has 0 amide bonds. The van der Waals surface area contributed by atoms with Gasteiger partial charge in [-0.05, 0) is 29.9 Å². The number of aromatic nitrogens is 2. The van der Waals surface area contributed by atoms with Crippen molar-refractivity contribution in [1.82, 2.24) is 10.1 Å². The first-order valence-electron chi connectivity index (χ1n) is 7.14. The number of nitrogens with zero attached hydrogens (tertiary/aromatic N) is 2. The third kappa shape index (κ3) is 2.61. The van der Waals surface area contributed by atoms with Crippen LogP contribution in [0.1, 0.15) is 68.4 Å². The molecular formula is C16H21N3O. The fraction of sp³-hybridized carbons (Fsp3) is 0.500. The first kappa shape index (κ1) is 13.3. The number of hydrogen-bond donors (Lipinski definition) is 1. The number of rotatable bonds is 3. The minimum absolute atomic E-state index is 0.152. The lowest BCUT2D eigenvalue weighted by Gasteiger charge is -2.11. The number of hydrogen-bond acceptors (Lipinski definition) is 4. The van der Waals surface area contributed by atoms with Gasteiger partial charge in [-0.3, -0.25) is 0 Å². The third-order valence-electron chi connectivity index (χ3n) is 3.71. The summed E-state index contributed by atoms with van der Waals surface area (Å²) in [4.78, 5) is 4.42. The first-order valence-corrected chi connectivity index (χ1v) is 7.14. The maximum absolute atomic E-state index is 6.23. The van der Waals surface area contributed by atoms with Gasteiger partial charge in [0, 0.05) is 5.41 Å². The van der Waals surface area contributed by atoms with Gasteiger partial charge >= 0.3 is 0 Å². The van der Waals surface area contributed by atoms with E-state index in [1.807, 2.05) is 20.8 Å². The van der Waals surface area contributed by atoms with Crippen LogP contribution in [0, 0.1) is 0 Å². The summed E-state index contributed by atoms with van der Waals surface area (Å²) in [7, 11) is 0. The zero-order valence-corrected chi connectivity index (χ0v) is 12.3. The molecule has 1 aromatic carbocycles. The fourth-order valence-corrected chi connectivity index (χ4v) is 2.21. The van der Waals surface area contributed by atoms with Gasteiger partial charge < -0.3 is 10.3 Å². The zero-order valence-electron chi connectivity index (χ0n) is 12.3. The lowest BCUT2D eigenvalue weighted by atomic mass is 9.97. The summed E-state index contributed by atoms with van der Waals surface area (Å²) in [6.45, 7) is 6.13. The van der Waals surface area contributed by atoms with E-state index in [1.54, 1.807) is 0 Å². The van der Waals surface area contributed by atoms with Crippen molar-refractivity contribution in [1.29, 1.82) is 0 Å². The van der Waals surface area contributed by atoms with Crippen molar-refractivity contribution in [3.63, 3.8) is 0 Å². The molecule has 4 heteroatoms. The molecule has 0 bridgehead atoms. The predicted octanol–water partition coefficient (Wildman–Crippen LogP) is 3.29. The Hall–Kier alpha value is -1.68. The molecule has 1 heterocycles. The Kier molecular flexibility index (Phi) is 3.13.